The number of halogens is 1. The Hall–Kier alpha value is 0.140. The Bertz CT molecular complexity index is 272. The molecule has 0 bridgehead atoms. The van der Waals surface area contributed by atoms with Gasteiger partial charge >= 0.3 is 0 Å². The van der Waals surface area contributed by atoms with Crippen molar-refractivity contribution in [2.45, 2.75) is 45.6 Å². The third kappa shape index (κ3) is 5.14. The fraction of sp³-hybridized carbons (Fsp3) is 0.667. The van der Waals surface area contributed by atoms with Crippen molar-refractivity contribution in [1.29, 1.82) is 0 Å². The number of aryl methyl sites for hydroxylation is 1. The van der Waals surface area contributed by atoms with Crippen molar-refractivity contribution in [3.63, 3.8) is 0 Å². The van der Waals surface area contributed by atoms with Gasteiger partial charge in [0.15, 0.2) is 0 Å². The van der Waals surface area contributed by atoms with E-state index in [9.17, 15) is 0 Å². The average Bonchev–Trinajstić information content (AvgIpc) is 2.61. The molecule has 1 nitrogen and oxygen atoms in total. The lowest BCUT2D eigenvalue weighted by atomic mass is 10.1. The highest BCUT2D eigenvalue weighted by atomic mass is 79.9. The van der Waals surface area contributed by atoms with Crippen LogP contribution in [0, 0.1) is 0 Å². The van der Waals surface area contributed by atoms with Crippen LogP contribution in [0.4, 0.5) is 0 Å². The lowest BCUT2D eigenvalue weighted by Gasteiger charge is -2.12. The van der Waals surface area contributed by atoms with Gasteiger partial charge in [0.2, 0.25) is 0 Å². The molecule has 1 atom stereocenters. The van der Waals surface area contributed by atoms with Gasteiger partial charge < -0.3 is 5.32 Å². The minimum Gasteiger partial charge on any atom is -0.314 e. The van der Waals surface area contributed by atoms with Gasteiger partial charge in [-0.15, -0.1) is 11.3 Å². The van der Waals surface area contributed by atoms with Gasteiger partial charge in [-0.1, -0.05) is 6.92 Å². The third-order valence-corrected chi connectivity index (χ3v) is 4.46. The van der Waals surface area contributed by atoms with Crippen LogP contribution in [-0.2, 0) is 6.42 Å². The molecule has 1 unspecified atom stereocenters. The van der Waals surface area contributed by atoms with Crippen molar-refractivity contribution >= 4 is 27.3 Å². The fourth-order valence-electron chi connectivity index (χ4n) is 1.57. The van der Waals surface area contributed by atoms with E-state index in [0.29, 0.717) is 6.04 Å². The van der Waals surface area contributed by atoms with Gasteiger partial charge in [0.05, 0.1) is 0 Å². The van der Waals surface area contributed by atoms with Gasteiger partial charge in [-0.2, -0.15) is 0 Å². The topological polar surface area (TPSA) is 12.0 Å². The number of rotatable bonds is 7. The van der Waals surface area contributed by atoms with Crippen molar-refractivity contribution in [3.8, 4) is 0 Å². The molecule has 0 radical (unpaired) electrons. The second-order valence-electron chi connectivity index (χ2n) is 3.94. The molecule has 1 rings (SSSR count). The quantitative estimate of drug-likeness (QED) is 0.792. The Kier molecular flexibility index (Phi) is 6.53. The van der Waals surface area contributed by atoms with E-state index >= 15 is 0 Å². The lowest BCUT2D eigenvalue weighted by Crippen LogP contribution is -2.26. The summed E-state index contributed by atoms with van der Waals surface area (Å²) in [6, 6.07) is 2.79. The van der Waals surface area contributed by atoms with E-state index in [-0.39, 0.29) is 0 Å². The molecule has 1 aromatic heterocycles. The van der Waals surface area contributed by atoms with Crippen LogP contribution < -0.4 is 5.32 Å². The third-order valence-electron chi connectivity index (χ3n) is 2.47. The van der Waals surface area contributed by atoms with Crippen LogP contribution in [0.2, 0.25) is 0 Å². The molecule has 0 aliphatic heterocycles. The zero-order chi connectivity index (χ0) is 11.1. The molecule has 1 aromatic rings. The smallest absolute Gasteiger partial charge is 0.0314 e. The lowest BCUT2D eigenvalue weighted by molar-refractivity contribution is 0.499. The Morgan fingerprint density at radius 1 is 1.53 bits per heavy atom. The average molecular weight is 290 g/mol. The first-order valence-electron chi connectivity index (χ1n) is 5.69. The molecule has 1 N–H and O–H groups in total. The van der Waals surface area contributed by atoms with Gasteiger partial charge in [-0.25, -0.2) is 0 Å². The summed E-state index contributed by atoms with van der Waals surface area (Å²) in [5, 5.41) is 5.67. The first kappa shape index (κ1) is 13.2. The zero-order valence-corrected chi connectivity index (χ0v) is 12.0. The summed E-state index contributed by atoms with van der Waals surface area (Å²) in [5.41, 5.74) is 0. The van der Waals surface area contributed by atoms with Crippen molar-refractivity contribution in [3.05, 3.63) is 20.8 Å². The summed E-state index contributed by atoms with van der Waals surface area (Å²) in [6.45, 7) is 5.63. The molecular formula is C12H20BrNS. The number of hydrogen-bond acceptors (Lipinski definition) is 2. The molecule has 0 saturated heterocycles. The van der Waals surface area contributed by atoms with Crippen LogP contribution in [0.1, 0.15) is 38.0 Å². The van der Waals surface area contributed by atoms with E-state index in [1.807, 2.05) is 11.3 Å². The molecule has 0 spiro atoms. The van der Waals surface area contributed by atoms with Crippen molar-refractivity contribution < 1.29 is 0 Å². The minimum absolute atomic E-state index is 0.656. The van der Waals surface area contributed by atoms with Gasteiger partial charge in [0.1, 0.15) is 0 Å². The Morgan fingerprint density at radius 3 is 2.93 bits per heavy atom. The highest BCUT2D eigenvalue weighted by molar-refractivity contribution is 9.10. The molecule has 0 aromatic carbocycles. The highest BCUT2D eigenvalue weighted by Crippen LogP contribution is 2.24. The minimum atomic E-state index is 0.656. The molecular weight excluding hydrogens is 270 g/mol. The number of hydrogen-bond donors (Lipinski definition) is 1. The maximum absolute atomic E-state index is 3.57. The van der Waals surface area contributed by atoms with Gasteiger partial charge in [-0.3, -0.25) is 0 Å². The highest BCUT2D eigenvalue weighted by Gasteiger charge is 2.03. The Morgan fingerprint density at radius 2 is 2.33 bits per heavy atom. The van der Waals surface area contributed by atoms with Gasteiger partial charge in [-0.05, 0) is 66.5 Å². The van der Waals surface area contributed by atoms with Crippen molar-refractivity contribution in [2.75, 3.05) is 6.54 Å². The predicted octanol–water partition coefficient (Wildman–Crippen LogP) is 4.22. The van der Waals surface area contributed by atoms with Crippen LogP contribution in [0.15, 0.2) is 15.9 Å². The molecule has 0 fully saturated rings. The standard InChI is InChI=1S/C12H20BrNS/c1-3-8-14-10(2)5-4-6-12-11(13)7-9-15-12/h7,9-10,14H,3-6,8H2,1-2H3. The summed E-state index contributed by atoms with van der Waals surface area (Å²) < 4.78 is 1.28. The normalized spacial score (nSPS) is 13.0. The Labute approximate surface area is 105 Å². The molecule has 15 heavy (non-hydrogen) atoms. The number of nitrogens with one attached hydrogen (secondary N) is 1. The van der Waals surface area contributed by atoms with Crippen LogP contribution >= 0.6 is 27.3 Å². The first-order chi connectivity index (χ1) is 7.24. The first-order valence-corrected chi connectivity index (χ1v) is 7.36. The second kappa shape index (κ2) is 7.42. The number of thiophene rings is 1. The summed E-state index contributed by atoms with van der Waals surface area (Å²) >= 11 is 5.42. The van der Waals surface area contributed by atoms with E-state index in [1.165, 1.54) is 35.0 Å². The molecule has 0 saturated carbocycles. The van der Waals surface area contributed by atoms with E-state index in [0.717, 1.165) is 6.54 Å². The SMILES string of the molecule is CCCNC(C)CCCc1sccc1Br. The Balaban J connectivity index is 2.13. The van der Waals surface area contributed by atoms with Crippen LogP contribution in [0.3, 0.4) is 0 Å². The molecule has 86 valence electrons. The molecule has 3 heteroatoms. The van der Waals surface area contributed by atoms with E-state index in [2.05, 4.69) is 46.5 Å². The monoisotopic (exact) mass is 289 g/mol. The molecule has 1 heterocycles. The van der Waals surface area contributed by atoms with Crippen LogP contribution in [-0.4, -0.2) is 12.6 Å². The van der Waals surface area contributed by atoms with Crippen LogP contribution in [0.25, 0.3) is 0 Å². The maximum atomic E-state index is 3.57. The van der Waals surface area contributed by atoms with E-state index in [1.54, 1.807) is 0 Å². The summed E-state index contributed by atoms with van der Waals surface area (Å²) in [4.78, 5) is 1.48. The largest absolute Gasteiger partial charge is 0.314 e. The predicted molar refractivity (Wildman–Crippen MR) is 72.7 cm³/mol. The summed E-state index contributed by atoms with van der Waals surface area (Å²) in [6.07, 6.45) is 4.97. The van der Waals surface area contributed by atoms with Crippen molar-refractivity contribution in [1.82, 2.24) is 5.32 Å². The fourth-order valence-corrected chi connectivity index (χ4v) is 3.16. The zero-order valence-electron chi connectivity index (χ0n) is 9.55. The summed E-state index contributed by atoms with van der Waals surface area (Å²) in [5.74, 6) is 0. The van der Waals surface area contributed by atoms with Gasteiger partial charge in [0, 0.05) is 15.4 Å². The van der Waals surface area contributed by atoms with E-state index in [4.69, 9.17) is 0 Å². The van der Waals surface area contributed by atoms with E-state index < -0.39 is 0 Å². The molecule has 0 aliphatic carbocycles. The maximum Gasteiger partial charge on any atom is 0.0314 e. The molecule has 0 amide bonds. The second-order valence-corrected chi connectivity index (χ2v) is 5.79. The van der Waals surface area contributed by atoms with Crippen LogP contribution in [0.5, 0.6) is 0 Å². The summed E-state index contributed by atoms with van der Waals surface area (Å²) in [7, 11) is 0. The molecule has 0 aliphatic rings. The van der Waals surface area contributed by atoms with Gasteiger partial charge in [0.25, 0.3) is 0 Å². The van der Waals surface area contributed by atoms with Crippen molar-refractivity contribution in [2.24, 2.45) is 0 Å².